The van der Waals surface area contributed by atoms with Crippen molar-refractivity contribution in [1.82, 2.24) is 20.3 Å². The fourth-order valence-electron chi connectivity index (χ4n) is 2.89. The highest BCUT2D eigenvalue weighted by atomic mass is 35.5. The van der Waals surface area contributed by atoms with Crippen LogP contribution in [0.15, 0.2) is 42.7 Å². The Hall–Kier alpha value is -1.90. The number of amides is 1. The summed E-state index contributed by atoms with van der Waals surface area (Å²) in [6, 6.07) is 8.25. The van der Waals surface area contributed by atoms with Crippen LogP contribution in [-0.2, 0) is 11.3 Å². The predicted octanol–water partition coefficient (Wildman–Crippen LogP) is 3.18. The summed E-state index contributed by atoms with van der Waals surface area (Å²) in [6.45, 7) is 2.81. The molecule has 1 aromatic heterocycles. The molecule has 0 unspecified atom stereocenters. The molecule has 1 fully saturated rings. The molecule has 152 valence electrons. The lowest BCUT2D eigenvalue weighted by atomic mass is 10.2. The van der Waals surface area contributed by atoms with Crippen molar-refractivity contribution in [3.8, 4) is 0 Å². The Morgan fingerprint density at radius 3 is 2.82 bits per heavy atom. The van der Waals surface area contributed by atoms with Crippen LogP contribution < -0.4 is 10.8 Å². The van der Waals surface area contributed by atoms with Crippen LogP contribution in [0.25, 0.3) is 6.08 Å². The second kappa shape index (κ2) is 11.8. The van der Waals surface area contributed by atoms with Gasteiger partial charge in [0.25, 0.3) is 5.91 Å². The number of benzene rings is 1. The number of rotatable bonds is 6. The van der Waals surface area contributed by atoms with Crippen molar-refractivity contribution < 1.29 is 10.0 Å². The number of aromatic nitrogens is 2. The van der Waals surface area contributed by atoms with E-state index < -0.39 is 5.91 Å². The highest BCUT2D eigenvalue weighted by molar-refractivity contribution is 6.30. The summed E-state index contributed by atoms with van der Waals surface area (Å²) in [4.78, 5) is 21.9. The van der Waals surface area contributed by atoms with Gasteiger partial charge in [0.1, 0.15) is 5.82 Å². The second-order valence-corrected chi connectivity index (χ2v) is 6.57. The molecule has 1 aromatic carbocycles. The first-order valence-electron chi connectivity index (χ1n) is 8.30. The quantitative estimate of drug-likeness (QED) is 0.359. The van der Waals surface area contributed by atoms with Crippen LogP contribution in [0.2, 0.25) is 5.02 Å². The topological polar surface area (TPSA) is 90.4 Å². The van der Waals surface area contributed by atoms with Gasteiger partial charge in [-0.3, -0.25) is 19.9 Å². The molecule has 0 saturated carbocycles. The Morgan fingerprint density at radius 2 is 2.14 bits per heavy atom. The molecule has 1 aliphatic rings. The molecular weight excluding hydrogens is 425 g/mol. The summed E-state index contributed by atoms with van der Waals surface area (Å²) in [6.07, 6.45) is 6.89. The van der Waals surface area contributed by atoms with Gasteiger partial charge in [-0.2, -0.15) is 0 Å². The van der Waals surface area contributed by atoms with Crippen molar-refractivity contribution in [3.63, 3.8) is 0 Å². The number of hydrogen-bond donors (Lipinski definition) is 3. The summed E-state index contributed by atoms with van der Waals surface area (Å²) in [5, 5.41) is 12.6. The zero-order valence-electron chi connectivity index (χ0n) is 14.9. The van der Waals surface area contributed by atoms with Gasteiger partial charge in [0, 0.05) is 36.8 Å². The van der Waals surface area contributed by atoms with Crippen molar-refractivity contribution >= 4 is 54.2 Å². The van der Waals surface area contributed by atoms with Crippen molar-refractivity contribution in [2.45, 2.75) is 19.0 Å². The number of nitrogens with zero attached hydrogens (tertiary/aromatic N) is 3. The molecule has 1 atom stereocenters. The highest BCUT2D eigenvalue weighted by Crippen LogP contribution is 2.18. The van der Waals surface area contributed by atoms with E-state index in [9.17, 15) is 4.79 Å². The Morgan fingerprint density at radius 1 is 1.32 bits per heavy atom. The summed E-state index contributed by atoms with van der Waals surface area (Å²) in [5.74, 6) is 0.0862. The second-order valence-electron chi connectivity index (χ2n) is 6.13. The molecule has 1 aliphatic heterocycles. The third-order valence-corrected chi connectivity index (χ3v) is 4.34. The van der Waals surface area contributed by atoms with Gasteiger partial charge in [0.15, 0.2) is 0 Å². The molecule has 0 bridgehead atoms. The third kappa shape index (κ3) is 7.26. The molecule has 10 heteroatoms. The van der Waals surface area contributed by atoms with Crippen LogP contribution in [-0.4, -0.2) is 45.1 Å². The molecular formula is C18H22Cl3N5O2. The van der Waals surface area contributed by atoms with E-state index in [1.807, 2.05) is 18.2 Å². The first kappa shape index (κ1) is 24.1. The Bertz CT molecular complexity index is 789. The number of nitrogens with one attached hydrogen (secondary N) is 2. The lowest BCUT2D eigenvalue weighted by Crippen LogP contribution is -2.26. The summed E-state index contributed by atoms with van der Waals surface area (Å²) < 4.78 is 0. The van der Waals surface area contributed by atoms with E-state index >= 15 is 0 Å². The van der Waals surface area contributed by atoms with Gasteiger partial charge < -0.3 is 5.32 Å². The molecule has 7 nitrogen and oxygen atoms in total. The highest BCUT2D eigenvalue weighted by Gasteiger charge is 2.22. The van der Waals surface area contributed by atoms with Crippen molar-refractivity contribution in [3.05, 3.63) is 59.0 Å². The zero-order valence-corrected chi connectivity index (χ0v) is 17.3. The number of likely N-dealkylation sites (tertiary alicyclic amines) is 1. The standard InChI is InChI=1S/C18H20ClN5O2.2ClH/c19-14-3-1-2-13(8-14)11-24-7-6-16(12-24)22-17-10-20-15(9-21-17)4-5-18(25)23-26;;/h1-5,8-10,16,26H,6-7,11-12H2,(H,21,22)(H,23,25);2*1H/t16-;;/m1../s1. The van der Waals surface area contributed by atoms with E-state index in [0.717, 1.165) is 31.1 Å². The van der Waals surface area contributed by atoms with Gasteiger partial charge in [-0.1, -0.05) is 23.7 Å². The number of carbonyl (C=O) groups excluding carboxylic acids is 1. The number of carbonyl (C=O) groups is 1. The molecule has 2 heterocycles. The van der Waals surface area contributed by atoms with Crippen LogP contribution in [0, 0.1) is 0 Å². The maximum absolute atomic E-state index is 10.9. The molecule has 0 spiro atoms. The molecule has 2 aromatic rings. The van der Waals surface area contributed by atoms with Gasteiger partial charge in [-0.25, -0.2) is 10.5 Å². The molecule has 1 amide bonds. The fraction of sp³-hybridized carbons (Fsp3) is 0.278. The molecule has 0 aliphatic carbocycles. The minimum Gasteiger partial charge on any atom is -0.365 e. The molecule has 3 rings (SSSR count). The van der Waals surface area contributed by atoms with Crippen molar-refractivity contribution in [1.29, 1.82) is 0 Å². The SMILES string of the molecule is Cl.Cl.O=C(C=Cc1cnc(N[C@@H]2CCN(Cc3cccc(Cl)c3)C2)cn1)NO. The minimum absolute atomic E-state index is 0. The summed E-state index contributed by atoms with van der Waals surface area (Å²) >= 11 is 6.04. The number of hydrogen-bond acceptors (Lipinski definition) is 6. The lowest BCUT2D eigenvalue weighted by molar-refractivity contribution is -0.124. The van der Waals surface area contributed by atoms with E-state index in [1.54, 1.807) is 12.4 Å². The van der Waals surface area contributed by atoms with E-state index in [2.05, 4.69) is 26.3 Å². The van der Waals surface area contributed by atoms with E-state index in [0.29, 0.717) is 17.6 Å². The fourth-order valence-corrected chi connectivity index (χ4v) is 3.11. The predicted molar refractivity (Wildman–Crippen MR) is 114 cm³/mol. The molecule has 0 radical (unpaired) electrons. The average Bonchev–Trinajstić information content (AvgIpc) is 3.07. The van der Waals surface area contributed by atoms with Crippen LogP contribution in [0.4, 0.5) is 5.82 Å². The van der Waals surface area contributed by atoms with Crippen LogP contribution in [0.1, 0.15) is 17.7 Å². The Labute approximate surface area is 181 Å². The van der Waals surface area contributed by atoms with Crippen LogP contribution in [0.3, 0.4) is 0 Å². The van der Waals surface area contributed by atoms with Gasteiger partial charge in [0.2, 0.25) is 0 Å². The van der Waals surface area contributed by atoms with Gasteiger partial charge in [0.05, 0.1) is 18.1 Å². The minimum atomic E-state index is -0.611. The maximum atomic E-state index is 10.9. The molecule has 28 heavy (non-hydrogen) atoms. The van der Waals surface area contributed by atoms with Crippen molar-refractivity contribution in [2.24, 2.45) is 0 Å². The first-order valence-corrected chi connectivity index (χ1v) is 8.68. The molecule has 1 saturated heterocycles. The average molecular weight is 447 g/mol. The van der Waals surface area contributed by atoms with Crippen molar-refractivity contribution in [2.75, 3.05) is 18.4 Å². The monoisotopic (exact) mass is 445 g/mol. The van der Waals surface area contributed by atoms with E-state index in [-0.39, 0.29) is 24.8 Å². The third-order valence-electron chi connectivity index (χ3n) is 4.11. The normalized spacial score (nSPS) is 16.3. The summed E-state index contributed by atoms with van der Waals surface area (Å²) in [7, 11) is 0. The Kier molecular flexibility index (Phi) is 10.2. The number of anilines is 1. The van der Waals surface area contributed by atoms with Gasteiger partial charge in [-0.15, -0.1) is 24.8 Å². The zero-order chi connectivity index (χ0) is 18.4. The number of halogens is 3. The van der Waals surface area contributed by atoms with Gasteiger partial charge in [-0.05, 0) is 30.2 Å². The van der Waals surface area contributed by atoms with E-state index in [4.69, 9.17) is 16.8 Å². The summed E-state index contributed by atoms with van der Waals surface area (Å²) in [5.41, 5.74) is 3.27. The van der Waals surface area contributed by atoms with Gasteiger partial charge >= 0.3 is 0 Å². The van der Waals surface area contributed by atoms with Crippen LogP contribution >= 0.6 is 36.4 Å². The largest absolute Gasteiger partial charge is 0.365 e. The first-order chi connectivity index (χ1) is 12.6. The smallest absolute Gasteiger partial charge is 0.267 e. The lowest BCUT2D eigenvalue weighted by Gasteiger charge is -2.17. The molecule has 3 N–H and O–H groups in total. The number of hydroxylamine groups is 1. The van der Waals surface area contributed by atoms with E-state index in [1.165, 1.54) is 23.2 Å². The Balaban J connectivity index is 0.00000196. The maximum Gasteiger partial charge on any atom is 0.267 e. The van der Waals surface area contributed by atoms with Crippen LogP contribution in [0.5, 0.6) is 0 Å².